The fourth-order valence-electron chi connectivity index (χ4n) is 1.78. The lowest BCUT2D eigenvalue weighted by atomic mass is 9.85. The number of nitro groups is 1. The number of hydrogen-bond acceptors (Lipinski definition) is 6. The zero-order valence-corrected chi connectivity index (χ0v) is 13.3. The highest BCUT2D eigenvalue weighted by molar-refractivity contribution is 6.08. The molecule has 0 aliphatic heterocycles. The molecule has 7 nitrogen and oxygen atoms in total. The number of hydrogen-bond donors (Lipinski definition) is 1. The van der Waals surface area contributed by atoms with Gasteiger partial charge in [-0.2, -0.15) is 5.26 Å². The zero-order chi connectivity index (χ0) is 19.6. The quantitative estimate of drug-likeness (QED) is 0.287. The molecule has 0 unspecified atom stereocenters. The van der Waals surface area contributed by atoms with Gasteiger partial charge in [0.15, 0.2) is 11.5 Å². The maximum Gasteiger partial charge on any atom is 0.573 e. The van der Waals surface area contributed by atoms with Crippen LogP contribution in [0.5, 0.6) is 5.75 Å². The van der Waals surface area contributed by atoms with Crippen LogP contribution in [0.1, 0.15) is 26.3 Å². The topological polar surface area (TPSA) is 113 Å². The Morgan fingerprint density at radius 3 is 2.28 bits per heavy atom. The molecule has 25 heavy (non-hydrogen) atoms. The van der Waals surface area contributed by atoms with Crippen molar-refractivity contribution in [2.75, 3.05) is 0 Å². The van der Waals surface area contributed by atoms with Crippen LogP contribution in [0.3, 0.4) is 0 Å². The van der Waals surface area contributed by atoms with Gasteiger partial charge in [0.2, 0.25) is 0 Å². The second kappa shape index (κ2) is 6.80. The van der Waals surface area contributed by atoms with Gasteiger partial charge in [0.1, 0.15) is 17.4 Å². The number of benzene rings is 1. The number of nitriles is 1. The fraction of sp³-hybridized carbons (Fsp3) is 0.333. The normalized spacial score (nSPS) is 12.8. The van der Waals surface area contributed by atoms with Crippen LogP contribution in [-0.4, -0.2) is 22.2 Å². The monoisotopic (exact) mass is 358 g/mol. The Kier molecular flexibility index (Phi) is 5.43. The summed E-state index contributed by atoms with van der Waals surface area (Å²) in [6.07, 6.45) is -5.06. The van der Waals surface area contributed by atoms with E-state index in [-0.39, 0.29) is 0 Å². The standard InChI is InChI=1S/C15H13F3N2O5/c1-14(2,3)13(22)10(7-19)12(21)9-5-4-8(25-15(16,17)18)6-11(9)20(23)24/h4-6,21H,1-3H3. The van der Waals surface area contributed by atoms with E-state index in [1.54, 1.807) is 0 Å². The molecule has 0 saturated carbocycles. The first-order chi connectivity index (χ1) is 11.3. The van der Waals surface area contributed by atoms with Crippen LogP contribution in [0.15, 0.2) is 23.8 Å². The number of carbonyl (C=O) groups excluding carboxylic acids is 1. The number of nitro benzene ring substituents is 1. The van der Waals surface area contributed by atoms with E-state index in [9.17, 15) is 33.2 Å². The van der Waals surface area contributed by atoms with Crippen LogP contribution in [0.25, 0.3) is 5.76 Å². The first-order valence-electron chi connectivity index (χ1n) is 6.70. The van der Waals surface area contributed by atoms with E-state index >= 15 is 0 Å². The molecular formula is C15H13F3N2O5. The van der Waals surface area contributed by atoms with E-state index in [0.29, 0.717) is 6.07 Å². The second-order valence-electron chi connectivity index (χ2n) is 5.90. The molecule has 0 fully saturated rings. The highest BCUT2D eigenvalue weighted by Gasteiger charge is 2.33. The molecule has 1 N–H and O–H groups in total. The summed E-state index contributed by atoms with van der Waals surface area (Å²) in [5.74, 6) is -2.65. The van der Waals surface area contributed by atoms with Crippen molar-refractivity contribution >= 4 is 17.2 Å². The molecule has 0 aromatic heterocycles. The largest absolute Gasteiger partial charge is 0.573 e. The van der Waals surface area contributed by atoms with Gasteiger partial charge in [0.05, 0.1) is 16.6 Å². The lowest BCUT2D eigenvalue weighted by Crippen LogP contribution is -2.22. The van der Waals surface area contributed by atoms with Gasteiger partial charge in [-0.15, -0.1) is 13.2 Å². The van der Waals surface area contributed by atoms with Crippen LogP contribution >= 0.6 is 0 Å². The van der Waals surface area contributed by atoms with E-state index in [4.69, 9.17) is 5.26 Å². The highest BCUT2D eigenvalue weighted by Crippen LogP contribution is 2.34. The van der Waals surface area contributed by atoms with Gasteiger partial charge < -0.3 is 9.84 Å². The summed E-state index contributed by atoms with van der Waals surface area (Å²) in [4.78, 5) is 22.2. The second-order valence-corrected chi connectivity index (χ2v) is 5.90. The molecule has 0 saturated heterocycles. The summed E-state index contributed by atoms with van der Waals surface area (Å²) in [5.41, 5.74) is -3.32. The summed E-state index contributed by atoms with van der Waals surface area (Å²) in [5, 5.41) is 30.3. The number of rotatable bonds is 4. The van der Waals surface area contributed by atoms with Crippen LogP contribution in [0.4, 0.5) is 18.9 Å². The summed E-state index contributed by atoms with van der Waals surface area (Å²) < 4.78 is 40.2. The smallest absolute Gasteiger partial charge is 0.506 e. The molecule has 0 radical (unpaired) electrons. The van der Waals surface area contributed by atoms with Crippen molar-refractivity contribution < 1.29 is 32.7 Å². The van der Waals surface area contributed by atoms with Gasteiger partial charge in [-0.3, -0.25) is 14.9 Å². The molecule has 0 atom stereocenters. The van der Waals surface area contributed by atoms with Crippen LogP contribution in [0.2, 0.25) is 0 Å². The molecule has 10 heteroatoms. The third-order valence-electron chi connectivity index (χ3n) is 2.91. The molecule has 1 rings (SSSR count). The molecule has 134 valence electrons. The fourth-order valence-corrected chi connectivity index (χ4v) is 1.78. The van der Waals surface area contributed by atoms with Crippen molar-refractivity contribution in [3.05, 3.63) is 39.4 Å². The molecule has 1 aromatic rings. The van der Waals surface area contributed by atoms with E-state index in [1.807, 2.05) is 0 Å². The molecule has 0 aliphatic carbocycles. The maximum atomic E-state index is 12.2. The van der Waals surface area contributed by atoms with Crippen molar-refractivity contribution in [3.63, 3.8) is 0 Å². The Hall–Kier alpha value is -3.09. The van der Waals surface area contributed by atoms with Gasteiger partial charge in [-0.1, -0.05) is 20.8 Å². The number of aliphatic hydroxyl groups is 1. The molecular weight excluding hydrogens is 345 g/mol. The summed E-state index contributed by atoms with van der Waals surface area (Å²) >= 11 is 0. The van der Waals surface area contributed by atoms with Crippen molar-refractivity contribution in [1.29, 1.82) is 5.26 Å². The Labute approximate surface area is 140 Å². The number of allylic oxidation sites excluding steroid dienone is 1. The highest BCUT2D eigenvalue weighted by atomic mass is 19.4. The number of Topliss-reactive ketones (excluding diaryl/α,β-unsaturated/α-hetero) is 1. The molecule has 1 aromatic carbocycles. The zero-order valence-electron chi connectivity index (χ0n) is 13.3. The summed E-state index contributed by atoms with van der Waals surface area (Å²) in [6, 6.07) is 3.40. The number of halogens is 3. The van der Waals surface area contributed by atoms with Crippen molar-refractivity contribution in [3.8, 4) is 11.8 Å². The Bertz CT molecular complexity index is 786. The van der Waals surface area contributed by atoms with Gasteiger partial charge in [0, 0.05) is 5.41 Å². The lowest BCUT2D eigenvalue weighted by molar-refractivity contribution is -0.385. The molecule has 0 bridgehead atoms. The Morgan fingerprint density at radius 2 is 1.88 bits per heavy atom. The van der Waals surface area contributed by atoms with E-state index in [1.165, 1.54) is 26.8 Å². The number of nitrogens with zero attached hydrogens (tertiary/aromatic N) is 2. The number of ketones is 1. The minimum atomic E-state index is -5.06. The number of alkyl halides is 3. The van der Waals surface area contributed by atoms with E-state index < -0.39 is 50.8 Å². The van der Waals surface area contributed by atoms with Gasteiger partial charge in [-0.25, -0.2) is 0 Å². The average molecular weight is 358 g/mol. The molecule has 0 aliphatic rings. The number of aliphatic hydroxyl groups excluding tert-OH is 1. The van der Waals surface area contributed by atoms with Crippen molar-refractivity contribution in [2.24, 2.45) is 5.41 Å². The minimum absolute atomic E-state index is 0.440. The maximum absolute atomic E-state index is 12.2. The molecule has 0 heterocycles. The van der Waals surface area contributed by atoms with Gasteiger partial charge in [0.25, 0.3) is 5.69 Å². The van der Waals surface area contributed by atoms with Crippen molar-refractivity contribution in [1.82, 2.24) is 0 Å². The predicted molar refractivity (Wildman–Crippen MR) is 79.4 cm³/mol. The van der Waals surface area contributed by atoms with E-state index in [2.05, 4.69) is 4.74 Å². The molecule has 0 amide bonds. The third-order valence-corrected chi connectivity index (χ3v) is 2.91. The van der Waals surface area contributed by atoms with Gasteiger partial charge >= 0.3 is 6.36 Å². The molecule has 0 spiro atoms. The number of carbonyl (C=O) groups is 1. The van der Waals surface area contributed by atoms with E-state index in [0.717, 1.165) is 12.1 Å². The summed E-state index contributed by atoms with van der Waals surface area (Å²) in [6.45, 7) is 4.40. The lowest BCUT2D eigenvalue weighted by Gasteiger charge is -2.16. The van der Waals surface area contributed by atoms with Crippen LogP contribution in [0, 0.1) is 26.9 Å². The number of ether oxygens (including phenoxy) is 1. The van der Waals surface area contributed by atoms with Crippen LogP contribution < -0.4 is 4.74 Å². The van der Waals surface area contributed by atoms with Gasteiger partial charge in [-0.05, 0) is 12.1 Å². The first-order valence-corrected chi connectivity index (χ1v) is 6.70. The summed E-state index contributed by atoms with van der Waals surface area (Å²) in [7, 11) is 0. The Balaban J connectivity index is 3.55. The van der Waals surface area contributed by atoms with Crippen LogP contribution in [-0.2, 0) is 4.79 Å². The average Bonchev–Trinajstić information content (AvgIpc) is 2.44. The first kappa shape index (κ1) is 20.0. The SMILES string of the molecule is CC(C)(C)C(=O)C(C#N)=C(O)c1ccc(OC(F)(F)F)cc1[N+](=O)[O-]. The third kappa shape index (κ3) is 4.94. The Morgan fingerprint density at radius 1 is 1.32 bits per heavy atom. The minimum Gasteiger partial charge on any atom is -0.506 e. The predicted octanol–water partition coefficient (Wildman–Crippen LogP) is 3.90. The van der Waals surface area contributed by atoms with Crippen molar-refractivity contribution in [2.45, 2.75) is 27.1 Å².